The lowest BCUT2D eigenvalue weighted by Crippen LogP contribution is -2.65. The average molecular weight is 795 g/mol. The van der Waals surface area contributed by atoms with Crippen LogP contribution in [0.25, 0.3) is 0 Å². The summed E-state index contributed by atoms with van der Waals surface area (Å²) in [7, 11) is 3.86. The number of amides is 1. The lowest BCUT2D eigenvalue weighted by Gasteiger charge is -2.71. The topological polar surface area (TPSA) is 163 Å². The zero-order chi connectivity index (χ0) is 42.2. The van der Waals surface area contributed by atoms with Gasteiger partial charge in [0.1, 0.15) is 6.10 Å². The Morgan fingerprint density at radius 3 is 2.19 bits per heavy atom. The number of aliphatic carboxylic acids is 1. The van der Waals surface area contributed by atoms with Crippen molar-refractivity contribution < 1.29 is 38.5 Å². The molecule has 0 aromatic carbocycles. The van der Waals surface area contributed by atoms with Gasteiger partial charge in [-0.2, -0.15) is 0 Å². The zero-order valence-corrected chi connectivity index (χ0v) is 36.7. The number of ketones is 1. The predicted octanol–water partition coefficient (Wildman–Crippen LogP) is 6.99. The number of allylic oxidation sites excluding steroid dienone is 2. The van der Waals surface area contributed by atoms with Crippen molar-refractivity contribution in [2.24, 2.45) is 62.6 Å². The van der Waals surface area contributed by atoms with Gasteiger partial charge in [0.25, 0.3) is 0 Å². The monoisotopic (exact) mass is 795 g/mol. The van der Waals surface area contributed by atoms with Gasteiger partial charge in [-0.25, -0.2) is 0 Å². The Kier molecular flexibility index (Phi) is 11.6. The van der Waals surface area contributed by atoms with Gasteiger partial charge in [0.2, 0.25) is 5.89 Å². The van der Waals surface area contributed by atoms with Crippen LogP contribution in [0.4, 0.5) is 0 Å². The van der Waals surface area contributed by atoms with Crippen molar-refractivity contribution >= 4 is 23.6 Å². The summed E-state index contributed by atoms with van der Waals surface area (Å²) < 4.78 is 11.7. The van der Waals surface area contributed by atoms with Gasteiger partial charge in [-0.1, -0.05) is 54.0 Å². The second kappa shape index (κ2) is 15.2. The van der Waals surface area contributed by atoms with Crippen molar-refractivity contribution in [1.82, 2.24) is 20.0 Å². The van der Waals surface area contributed by atoms with Crippen LogP contribution in [0.1, 0.15) is 137 Å². The number of hydrogen-bond donors (Lipinski definition) is 2. The van der Waals surface area contributed by atoms with E-state index < -0.39 is 35.3 Å². The molecule has 12 heteroatoms. The first-order valence-corrected chi connectivity index (χ1v) is 21.5. The maximum atomic E-state index is 14.7. The van der Waals surface area contributed by atoms with E-state index in [4.69, 9.17) is 9.15 Å². The molecule has 5 aliphatic rings. The molecule has 4 fully saturated rings. The number of aryl methyl sites for hydroxylation is 1. The van der Waals surface area contributed by atoms with Crippen LogP contribution in [0, 0.1) is 69.5 Å². The molecule has 1 amide bonds. The standard InChI is InChI=1S/C45H70N4O8/c1-25(2)34-35-27(36(37(34)52)29(50)24-49(22-21-48(11)12)39(53)38-47-46-26(3)56-38)15-19-44(9)28(35)13-14-31-43(8)18-17-32(57-33(51)23-41(4,5)40(54)55)42(6,7)30(43)16-20-45(31,44)10/h25,27-32,36,50H,13-24H2,1-12H3,(H,54,55)/t27?,28-,29+,30-,31-,32+,36-,43+,44-,45-/m1/s1. The highest BCUT2D eigenvalue weighted by atomic mass is 16.5. The van der Waals surface area contributed by atoms with Crippen LogP contribution in [0.15, 0.2) is 15.6 Å². The molecular formula is C45H70N4O8. The first-order chi connectivity index (χ1) is 26.4. The smallest absolute Gasteiger partial charge is 0.311 e. The van der Waals surface area contributed by atoms with Gasteiger partial charge in [-0.15, -0.1) is 10.2 Å². The molecule has 57 heavy (non-hydrogen) atoms. The number of nitrogens with zero attached hydrogens (tertiary/aromatic N) is 4. The van der Waals surface area contributed by atoms with Crippen molar-refractivity contribution in [3.8, 4) is 0 Å². The average Bonchev–Trinajstić information content (AvgIpc) is 3.67. The fraction of sp³-hybridized carbons (Fsp3) is 0.822. The minimum absolute atomic E-state index is 0.00450. The maximum Gasteiger partial charge on any atom is 0.311 e. The van der Waals surface area contributed by atoms with Gasteiger partial charge in [0.15, 0.2) is 5.78 Å². The number of carboxylic acid groups (broad SMARTS) is 1. The molecule has 0 saturated heterocycles. The van der Waals surface area contributed by atoms with Crippen molar-refractivity contribution in [3.05, 3.63) is 22.9 Å². The minimum Gasteiger partial charge on any atom is -0.481 e. The summed E-state index contributed by atoms with van der Waals surface area (Å²) >= 11 is 0. The summed E-state index contributed by atoms with van der Waals surface area (Å²) in [6, 6.07) is 0. The van der Waals surface area contributed by atoms with E-state index in [1.54, 1.807) is 25.7 Å². The third kappa shape index (κ3) is 7.20. The number of carbonyl (C=O) groups is 4. The molecule has 12 nitrogen and oxygen atoms in total. The summed E-state index contributed by atoms with van der Waals surface area (Å²) in [5.41, 5.74) is 0.722. The summed E-state index contributed by atoms with van der Waals surface area (Å²) in [6.07, 6.45) is 6.13. The largest absolute Gasteiger partial charge is 0.481 e. The first-order valence-electron chi connectivity index (χ1n) is 21.5. The van der Waals surface area contributed by atoms with E-state index in [1.807, 2.05) is 19.0 Å². The van der Waals surface area contributed by atoms with Crippen LogP contribution >= 0.6 is 0 Å². The van der Waals surface area contributed by atoms with E-state index in [0.29, 0.717) is 30.8 Å². The molecule has 1 heterocycles. The molecule has 4 saturated carbocycles. The van der Waals surface area contributed by atoms with Gasteiger partial charge in [-0.05, 0) is 131 Å². The molecular weight excluding hydrogens is 725 g/mol. The molecule has 1 aromatic rings. The third-order valence-corrected chi connectivity index (χ3v) is 16.5. The third-order valence-electron chi connectivity index (χ3n) is 16.5. The molecule has 318 valence electrons. The Balaban J connectivity index is 1.25. The lowest BCUT2D eigenvalue weighted by atomic mass is 9.33. The number of carbonyl (C=O) groups excluding carboxylic acids is 3. The highest BCUT2D eigenvalue weighted by Crippen LogP contribution is 2.76. The number of aromatic nitrogens is 2. The molecule has 6 rings (SSSR count). The Hall–Kier alpha value is -3.12. The first kappa shape index (κ1) is 43.5. The number of fused-ring (bicyclic) bond motifs is 7. The fourth-order valence-electron chi connectivity index (χ4n) is 13.4. The van der Waals surface area contributed by atoms with E-state index in [-0.39, 0.29) is 70.2 Å². The molecule has 2 N–H and O–H groups in total. The van der Waals surface area contributed by atoms with Crippen LogP contribution in [0.3, 0.4) is 0 Å². The summed E-state index contributed by atoms with van der Waals surface area (Å²) in [5, 5.41) is 29.5. The van der Waals surface area contributed by atoms with Gasteiger partial charge >= 0.3 is 23.7 Å². The van der Waals surface area contributed by atoms with Crippen LogP contribution in [0.2, 0.25) is 0 Å². The number of Topliss-reactive ketones (excluding diaryl/α,β-unsaturated/α-hetero) is 1. The molecule has 0 aliphatic heterocycles. The number of aliphatic hydroxyl groups is 1. The number of esters is 1. The highest BCUT2D eigenvalue weighted by molar-refractivity contribution is 6.02. The Morgan fingerprint density at radius 1 is 0.930 bits per heavy atom. The van der Waals surface area contributed by atoms with E-state index in [1.165, 1.54) is 5.57 Å². The summed E-state index contributed by atoms with van der Waals surface area (Å²) in [4.78, 5) is 56.7. The molecule has 1 aromatic heterocycles. The molecule has 0 bridgehead atoms. The molecule has 0 spiro atoms. The second-order valence-electron chi connectivity index (χ2n) is 21.1. The molecule has 0 radical (unpaired) electrons. The number of rotatable bonds is 12. The van der Waals surface area contributed by atoms with Crippen LogP contribution < -0.4 is 0 Å². The number of aliphatic hydroxyl groups excluding tert-OH is 1. The van der Waals surface area contributed by atoms with Gasteiger partial charge in [-0.3, -0.25) is 19.2 Å². The SMILES string of the molecule is Cc1nnc(C(=O)N(CCN(C)C)C[C@H](O)[C@@H]2C(=O)C(C(C)C)=C3C2CC[C@]2(C)[C@@H]3CC[C@@H]3[C@@]4(C)CC[C@H](OC(=O)CC(C)(C)C(=O)O)C(C)(C)[C@H]4CC[C@]32C)o1. The highest BCUT2D eigenvalue weighted by Gasteiger charge is 2.69. The van der Waals surface area contributed by atoms with Crippen molar-refractivity contribution in [1.29, 1.82) is 0 Å². The van der Waals surface area contributed by atoms with E-state index in [2.05, 4.69) is 58.7 Å². The molecule has 10 atom stereocenters. The second-order valence-corrected chi connectivity index (χ2v) is 21.1. The van der Waals surface area contributed by atoms with Gasteiger partial charge in [0.05, 0.1) is 23.9 Å². The Morgan fingerprint density at radius 2 is 1.60 bits per heavy atom. The normalized spacial score (nSPS) is 35.3. The van der Waals surface area contributed by atoms with Crippen molar-refractivity contribution in [2.45, 2.75) is 139 Å². The number of hydrogen-bond acceptors (Lipinski definition) is 10. The van der Waals surface area contributed by atoms with Crippen LogP contribution in [0.5, 0.6) is 0 Å². The van der Waals surface area contributed by atoms with E-state index in [9.17, 15) is 29.4 Å². The predicted molar refractivity (Wildman–Crippen MR) is 215 cm³/mol. The van der Waals surface area contributed by atoms with E-state index >= 15 is 0 Å². The van der Waals surface area contributed by atoms with Crippen molar-refractivity contribution in [2.75, 3.05) is 33.7 Å². The lowest BCUT2D eigenvalue weighted by molar-refractivity contribution is -0.232. The molecule has 5 aliphatic carbocycles. The Bertz CT molecular complexity index is 1780. The number of likely N-dealkylation sites (N-methyl/N-ethyl adjacent to an activating group) is 1. The minimum atomic E-state index is -1.18. The van der Waals surface area contributed by atoms with Gasteiger partial charge in [0, 0.05) is 32.0 Å². The quantitative estimate of drug-likeness (QED) is 0.210. The summed E-state index contributed by atoms with van der Waals surface area (Å²) in [6.45, 7) is 21.9. The summed E-state index contributed by atoms with van der Waals surface area (Å²) in [5.74, 6) is -1.31. The van der Waals surface area contributed by atoms with E-state index in [0.717, 1.165) is 56.9 Å². The van der Waals surface area contributed by atoms with Gasteiger partial charge < -0.3 is 29.2 Å². The molecule has 1 unspecified atom stereocenters. The van der Waals surface area contributed by atoms with Crippen LogP contribution in [-0.4, -0.2) is 99.8 Å². The van der Waals surface area contributed by atoms with Crippen LogP contribution in [-0.2, 0) is 19.1 Å². The number of ether oxygens (including phenoxy) is 1. The van der Waals surface area contributed by atoms with Crippen molar-refractivity contribution in [3.63, 3.8) is 0 Å². The maximum absolute atomic E-state index is 14.7. The fourth-order valence-corrected chi connectivity index (χ4v) is 13.4. The zero-order valence-electron chi connectivity index (χ0n) is 36.7. The number of carboxylic acids is 1. The Labute approximate surface area is 339 Å².